The van der Waals surface area contributed by atoms with Gasteiger partial charge in [0.05, 0.1) is 24.3 Å². The van der Waals surface area contributed by atoms with Crippen LogP contribution in [-0.4, -0.2) is 37.4 Å². The molecule has 0 amide bonds. The van der Waals surface area contributed by atoms with Gasteiger partial charge in [0.15, 0.2) is 0 Å². The first-order valence-electron chi connectivity index (χ1n) is 5.06. The first-order chi connectivity index (χ1) is 9.05. The molecule has 0 unspecified atom stereocenters. The molecule has 0 fully saturated rings. The van der Waals surface area contributed by atoms with Crippen LogP contribution in [0.1, 0.15) is 11.4 Å². The topological polar surface area (TPSA) is 78.4 Å². The zero-order valence-electron chi connectivity index (χ0n) is 10.1. The van der Waals surface area contributed by atoms with Crippen molar-refractivity contribution in [2.24, 2.45) is 0 Å². The minimum absolute atomic E-state index is 0.0846. The number of ether oxygens (including phenoxy) is 1. The van der Waals surface area contributed by atoms with E-state index in [4.69, 9.17) is 11.6 Å². The number of halogens is 4. The third kappa shape index (κ3) is 7.58. The molecule has 20 heavy (non-hydrogen) atoms. The summed E-state index contributed by atoms with van der Waals surface area (Å²) >= 11 is 5.56. The van der Waals surface area contributed by atoms with Gasteiger partial charge in [0.2, 0.25) is 5.28 Å². The van der Waals surface area contributed by atoms with Crippen LogP contribution in [0.2, 0.25) is 5.28 Å². The lowest BCUT2D eigenvalue weighted by molar-refractivity contribution is -0.176. The SMILES string of the molecule is CS(=O)(=O)OCc1cc(COCC(F)(F)F)nc(Cl)n1. The second-order valence-electron chi connectivity index (χ2n) is 3.69. The van der Waals surface area contributed by atoms with Crippen LogP contribution >= 0.6 is 11.6 Å². The van der Waals surface area contributed by atoms with E-state index in [1.54, 1.807) is 0 Å². The third-order valence-corrected chi connectivity index (χ3v) is 2.46. The van der Waals surface area contributed by atoms with Gasteiger partial charge in [0.25, 0.3) is 10.1 Å². The van der Waals surface area contributed by atoms with Gasteiger partial charge in [-0.05, 0) is 17.7 Å². The summed E-state index contributed by atoms with van der Waals surface area (Å²) in [4.78, 5) is 7.34. The van der Waals surface area contributed by atoms with Crippen LogP contribution in [-0.2, 0) is 32.3 Å². The van der Waals surface area contributed by atoms with Crippen LogP contribution in [0.4, 0.5) is 13.2 Å². The predicted molar refractivity (Wildman–Crippen MR) is 62.4 cm³/mol. The van der Waals surface area contributed by atoms with Gasteiger partial charge in [-0.3, -0.25) is 4.18 Å². The molecule has 0 atom stereocenters. The predicted octanol–water partition coefficient (Wildman–Crippen LogP) is 1.69. The summed E-state index contributed by atoms with van der Waals surface area (Å²) < 4.78 is 66.2. The van der Waals surface area contributed by atoms with Gasteiger partial charge in [-0.1, -0.05) is 0 Å². The van der Waals surface area contributed by atoms with E-state index in [1.807, 2.05) is 0 Å². The maximum absolute atomic E-state index is 11.9. The number of alkyl halides is 3. The minimum atomic E-state index is -4.45. The van der Waals surface area contributed by atoms with E-state index in [0.29, 0.717) is 0 Å². The largest absolute Gasteiger partial charge is 0.411 e. The van der Waals surface area contributed by atoms with Crippen molar-refractivity contribution in [3.8, 4) is 0 Å². The zero-order chi connectivity index (χ0) is 15.4. The van der Waals surface area contributed by atoms with Crippen LogP contribution in [0.3, 0.4) is 0 Å². The molecule has 1 aromatic rings. The fourth-order valence-corrected chi connectivity index (χ4v) is 1.66. The van der Waals surface area contributed by atoms with E-state index in [9.17, 15) is 21.6 Å². The summed E-state index contributed by atoms with van der Waals surface area (Å²) in [6.45, 7) is -2.26. The van der Waals surface area contributed by atoms with E-state index in [-0.39, 0.29) is 16.7 Å². The van der Waals surface area contributed by atoms with Crippen LogP contribution < -0.4 is 0 Å². The van der Waals surface area contributed by atoms with E-state index in [0.717, 1.165) is 6.26 Å². The third-order valence-electron chi connectivity index (χ3n) is 1.74. The van der Waals surface area contributed by atoms with E-state index < -0.39 is 36.1 Å². The molecule has 1 aromatic heterocycles. The highest BCUT2D eigenvalue weighted by molar-refractivity contribution is 7.85. The Morgan fingerprint density at radius 2 is 1.80 bits per heavy atom. The van der Waals surface area contributed by atoms with E-state index in [1.165, 1.54) is 6.07 Å². The number of nitrogens with zero attached hydrogens (tertiary/aromatic N) is 2. The lowest BCUT2D eigenvalue weighted by Crippen LogP contribution is -2.17. The van der Waals surface area contributed by atoms with Gasteiger partial charge < -0.3 is 4.74 Å². The van der Waals surface area contributed by atoms with Gasteiger partial charge in [-0.15, -0.1) is 0 Å². The van der Waals surface area contributed by atoms with Gasteiger partial charge in [-0.25, -0.2) is 9.97 Å². The molecule has 11 heteroatoms. The molecule has 6 nitrogen and oxygen atoms in total. The van der Waals surface area contributed by atoms with Crippen LogP contribution in [0.15, 0.2) is 6.07 Å². The molecular formula is C9H10ClF3N2O4S. The van der Waals surface area contributed by atoms with Gasteiger partial charge in [0.1, 0.15) is 13.2 Å². The van der Waals surface area contributed by atoms with Crippen molar-refractivity contribution in [2.75, 3.05) is 12.9 Å². The number of hydrogen-bond donors (Lipinski definition) is 0. The maximum Gasteiger partial charge on any atom is 0.411 e. The molecule has 0 aromatic carbocycles. The fraction of sp³-hybridized carbons (Fsp3) is 0.556. The standard InChI is InChI=1S/C9H10ClF3N2O4S/c1-20(16,17)19-4-7-2-6(14-8(10)15-7)3-18-5-9(11,12)13/h2H,3-5H2,1H3. The zero-order valence-corrected chi connectivity index (χ0v) is 11.7. The van der Waals surface area contributed by atoms with Gasteiger partial charge in [-0.2, -0.15) is 21.6 Å². The van der Waals surface area contributed by atoms with Crippen molar-refractivity contribution in [1.29, 1.82) is 0 Å². The Bertz CT molecular complexity index is 565. The van der Waals surface area contributed by atoms with Crippen LogP contribution in [0.5, 0.6) is 0 Å². The summed E-state index contributed by atoms with van der Waals surface area (Å²) in [5.74, 6) is 0. The highest BCUT2D eigenvalue weighted by atomic mass is 35.5. The second-order valence-corrected chi connectivity index (χ2v) is 5.68. The summed E-state index contributed by atoms with van der Waals surface area (Å²) in [5, 5.41) is -0.245. The average Bonchev–Trinajstić information content (AvgIpc) is 2.23. The smallest absolute Gasteiger partial charge is 0.366 e. The molecule has 1 rings (SSSR count). The molecule has 0 aliphatic heterocycles. The summed E-state index contributed by atoms with van der Waals surface area (Å²) in [6, 6.07) is 1.24. The Balaban J connectivity index is 2.66. The van der Waals surface area contributed by atoms with Crippen molar-refractivity contribution in [2.45, 2.75) is 19.4 Å². The summed E-state index contributed by atoms with van der Waals surface area (Å²) in [7, 11) is -3.67. The van der Waals surface area contributed by atoms with Crippen molar-refractivity contribution < 1.29 is 30.5 Å². The summed E-state index contributed by atoms with van der Waals surface area (Å²) in [5.41, 5.74) is 0.197. The number of hydrogen-bond acceptors (Lipinski definition) is 6. The molecule has 114 valence electrons. The van der Waals surface area contributed by atoms with Crippen LogP contribution in [0.25, 0.3) is 0 Å². The Hall–Kier alpha value is -0.970. The fourth-order valence-electron chi connectivity index (χ4n) is 1.11. The molecule has 0 spiro atoms. The average molecular weight is 335 g/mol. The molecular weight excluding hydrogens is 325 g/mol. The molecule has 0 bridgehead atoms. The number of aromatic nitrogens is 2. The van der Waals surface area contributed by atoms with E-state index in [2.05, 4.69) is 18.9 Å². The van der Waals surface area contributed by atoms with Crippen molar-refractivity contribution in [3.05, 3.63) is 22.7 Å². The van der Waals surface area contributed by atoms with Crippen molar-refractivity contribution in [3.63, 3.8) is 0 Å². The Morgan fingerprint density at radius 1 is 1.25 bits per heavy atom. The molecule has 0 N–H and O–H groups in total. The Morgan fingerprint density at radius 3 is 2.30 bits per heavy atom. The highest BCUT2D eigenvalue weighted by Crippen LogP contribution is 2.16. The molecule has 0 saturated heterocycles. The van der Waals surface area contributed by atoms with Crippen molar-refractivity contribution >= 4 is 21.7 Å². The monoisotopic (exact) mass is 334 g/mol. The molecule has 0 saturated carbocycles. The molecule has 0 radical (unpaired) electrons. The molecule has 0 aliphatic rings. The highest BCUT2D eigenvalue weighted by Gasteiger charge is 2.27. The van der Waals surface area contributed by atoms with Crippen LogP contribution in [0, 0.1) is 0 Å². The molecule has 0 aliphatic carbocycles. The van der Waals surface area contributed by atoms with Gasteiger partial charge >= 0.3 is 6.18 Å². The number of rotatable bonds is 6. The first kappa shape index (κ1) is 17.1. The Labute approximate surface area is 118 Å². The molecule has 1 heterocycles. The maximum atomic E-state index is 11.9. The van der Waals surface area contributed by atoms with Crippen molar-refractivity contribution in [1.82, 2.24) is 9.97 Å². The first-order valence-corrected chi connectivity index (χ1v) is 7.26. The quantitative estimate of drug-likeness (QED) is 0.582. The normalized spacial score (nSPS) is 12.7. The van der Waals surface area contributed by atoms with Gasteiger partial charge in [0, 0.05) is 0 Å². The van der Waals surface area contributed by atoms with E-state index >= 15 is 0 Å². The lowest BCUT2D eigenvalue weighted by Gasteiger charge is -2.08. The Kier molecular flexibility index (Phi) is 5.68. The second kappa shape index (κ2) is 6.66. The minimum Gasteiger partial charge on any atom is -0.366 e. The summed E-state index contributed by atoms with van der Waals surface area (Å²) in [6.07, 6.45) is -3.60. The lowest BCUT2D eigenvalue weighted by atomic mass is 10.3.